The lowest BCUT2D eigenvalue weighted by Crippen LogP contribution is -2.09. The zero-order valence-electron chi connectivity index (χ0n) is 12.0. The van der Waals surface area contributed by atoms with E-state index in [1.54, 1.807) is 13.8 Å². The largest absolute Gasteiger partial charge is 0.497 e. The Kier molecular flexibility index (Phi) is 4.70. The molecule has 1 aliphatic rings. The number of rotatable bonds is 7. The van der Waals surface area contributed by atoms with Crippen LogP contribution in [0.1, 0.15) is 31.2 Å². The van der Waals surface area contributed by atoms with Crippen LogP contribution in [-0.4, -0.2) is 26.5 Å². The van der Waals surface area contributed by atoms with Gasteiger partial charge in [-0.2, -0.15) is 0 Å². The third-order valence-electron chi connectivity index (χ3n) is 3.64. The molecule has 0 aliphatic heterocycles. The highest BCUT2D eigenvalue weighted by Gasteiger charge is 2.36. The van der Waals surface area contributed by atoms with Gasteiger partial charge in [-0.3, -0.25) is 4.57 Å². The topological polar surface area (TPSA) is 35.5 Å². The van der Waals surface area contributed by atoms with Gasteiger partial charge in [0.15, 0.2) is 0 Å². The fraction of sp³-hybridized carbons (Fsp3) is 0.600. The summed E-state index contributed by atoms with van der Waals surface area (Å²) in [5.74, 6) is 1.85. The monoisotopic (exact) mass is 282 g/mol. The molecule has 1 fully saturated rings. The summed E-state index contributed by atoms with van der Waals surface area (Å²) in [6, 6.07) is 8.12. The van der Waals surface area contributed by atoms with Gasteiger partial charge in [-0.1, -0.05) is 12.1 Å². The molecule has 2 atom stereocenters. The van der Waals surface area contributed by atoms with Crippen molar-refractivity contribution in [1.82, 2.24) is 0 Å². The molecule has 4 heteroatoms. The second kappa shape index (κ2) is 6.11. The van der Waals surface area contributed by atoms with Gasteiger partial charge in [0.1, 0.15) is 5.75 Å². The van der Waals surface area contributed by atoms with E-state index < -0.39 is 7.37 Å². The van der Waals surface area contributed by atoms with Crippen molar-refractivity contribution < 1.29 is 13.8 Å². The van der Waals surface area contributed by atoms with Crippen LogP contribution < -0.4 is 4.74 Å². The van der Waals surface area contributed by atoms with Gasteiger partial charge in [-0.05, 0) is 49.3 Å². The van der Waals surface area contributed by atoms with E-state index in [9.17, 15) is 4.57 Å². The predicted molar refractivity (Wildman–Crippen MR) is 78.5 cm³/mol. The van der Waals surface area contributed by atoms with Crippen molar-refractivity contribution in [3.63, 3.8) is 0 Å². The lowest BCUT2D eigenvalue weighted by Gasteiger charge is -2.22. The Morgan fingerprint density at radius 2 is 2.16 bits per heavy atom. The van der Waals surface area contributed by atoms with Gasteiger partial charge in [0.2, 0.25) is 7.37 Å². The first-order valence-electron chi connectivity index (χ1n) is 6.90. The Morgan fingerprint density at radius 3 is 2.74 bits per heavy atom. The molecule has 0 heterocycles. The summed E-state index contributed by atoms with van der Waals surface area (Å²) in [5.41, 5.74) is 1.23. The van der Waals surface area contributed by atoms with E-state index in [0.717, 1.165) is 5.75 Å². The van der Waals surface area contributed by atoms with Gasteiger partial charge in [0.25, 0.3) is 0 Å². The predicted octanol–water partition coefficient (Wildman–Crippen LogP) is 4.13. The molecule has 0 bridgehead atoms. The molecule has 0 N–H and O–H groups in total. The van der Waals surface area contributed by atoms with Crippen LogP contribution in [0.5, 0.6) is 5.75 Å². The summed E-state index contributed by atoms with van der Waals surface area (Å²) in [6.45, 7) is 4.17. The van der Waals surface area contributed by atoms with Crippen LogP contribution in [0.3, 0.4) is 0 Å². The van der Waals surface area contributed by atoms with Crippen molar-refractivity contribution in [2.75, 3.05) is 26.5 Å². The van der Waals surface area contributed by atoms with E-state index in [1.807, 2.05) is 19.1 Å². The SMILES string of the molecule is CCOP(C)(=O)C[C@H](c1cccc(OC)c1)C1CC1. The van der Waals surface area contributed by atoms with E-state index in [2.05, 4.69) is 12.1 Å². The van der Waals surface area contributed by atoms with Gasteiger partial charge in [0, 0.05) is 12.8 Å². The number of ether oxygens (including phenoxy) is 1. The molecule has 1 aromatic rings. The number of methoxy groups -OCH3 is 1. The average Bonchev–Trinajstić information content (AvgIpc) is 3.20. The average molecular weight is 282 g/mol. The molecular weight excluding hydrogens is 259 g/mol. The molecule has 0 radical (unpaired) electrons. The normalized spacial score (nSPS) is 19.7. The van der Waals surface area contributed by atoms with Crippen LogP contribution in [0.15, 0.2) is 24.3 Å². The minimum absolute atomic E-state index is 0.331. The summed E-state index contributed by atoms with van der Waals surface area (Å²) >= 11 is 0. The summed E-state index contributed by atoms with van der Waals surface area (Å²) < 4.78 is 23.2. The second-order valence-corrected chi connectivity index (χ2v) is 7.99. The first-order valence-corrected chi connectivity index (χ1v) is 9.16. The van der Waals surface area contributed by atoms with Gasteiger partial charge < -0.3 is 9.26 Å². The third kappa shape index (κ3) is 4.09. The molecule has 1 aliphatic carbocycles. The van der Waals surface area contributed by atoms with Crippen LogP contribution in [0.4, 0.5) is 0 Å². The quantitative estimate of drug-likeness (QED) is 0.705. The maximum atomic E-state index is 12.4. The van der Waals surface area contributed by atoms with Crippen LogP contribution in [0, 0.1) is 5.92 Å². The number of benzene rings is 1. The minimum atomic E-state index is -2.49. The van der Waals surface area contributed by atoms with E-state index in [-0.39, 0.29) is 0 Å². The van der Waals surface area contributed by atoms with E-state index >= 15 is 0 Å². The van der Waals surface area contributed by atoms with E-state index in [1.165, 1.54) is 18.4 Å². The highest BCUT2D eigenvalue weighted by Crippen LogP contribution is 2.53. The first-order chi connectivity index (χ1) is 9.05. The van der Waals surface area contributed by atoms with E-state index in [0.29, 0.717) is 24.6 Å². The molecule has 3 nitrogen and oxygen atoms in total. The Labute approximate surface area is 115 Å². The molecule has 1 unspecified atom stereocenters. The zero-order chi connectivity index (χ0) is 13.9. The summed E-state index contributed by atoms with van der Waals surface area (Å²) in [4.78, 5) is 0. The van der Waals surface area contributed by atoms with Crippen molar-refractivity contribution >= 4 is 7.37 Å². The van der Waals surface area contributed by atoms with Crippen LogP contribution in [0.25, 0.3) is 0 Å². The fourth-order valence-corrected chi connectivity index (χ4v) is 4.46. The fourth-order valence-electron chi connectivity index (χ4n) is 2.58. The number of hydrogen-bond acceptors (Lipinski definition) is 3. The maximum Gasteiger partial charge on any atom is 0.200 e. The van der Waals surface area contributed by atoms with E-state index in [4.69, 9.17) is 9.26 Å². The molecule has 0 spiro atoms. The maximum absolute atomic E-state index is 12.4. The third-order valence-corrected chi connectivity index (χ3v) is 5.50. The number of hydrogen-bond donors (Lipinski definition) is 0. The van der Waals surface area contributed by atoms with Crippen LogP contribution in [0.2, 0.25) is 0 Å². The zero-order valence-corrected chi connectivity index (χ0v) is 12.9. The van der Waals surface area contributed by atoms with Gasteiger partial charge >= 0.3 is 0 Å². The summed E-state index contributed by atoms with van der Waals surface area (Å²) in [7, 11) is -0.816. The second-order valence-electron chi connectivity index (χ2n) is 5.33. The Balaban J connectivity index is 2.18. The van der Waals surface area contributed by atoms with Crippen molar-refractivity contribution in [2.24, 2.45) is 5.92 Å². The highest BCUT2D eigenvalue weighted by atomic mass is 31.2. The van der Waals surface area contributed by atoms with Crippen LogP contribution in [-0.2, 0) is 9.09 Å². The van der Waals surface area contributed by atoms with Crippen molar-refractivity contribution in [1.29, 1.82) is 0 Å². The Bertz CT molecular complexity index is 468. The van der Waals surface area contributed by atoms with Gasteiger partial charge in [0.05, 0.1) is 13.7 Å². The standard InChI is InChI=1S/C15H23O3P/c1-4-18-19(3,16)11-15(12-8-9-12)13-6-5-7-14(10-13)17-2/h5-7,10,12,15H,4,8-9,11H2,1-3H3/t15-,19?/m0/s1. The lowest BCUT2D eigenvalue weighted by atomic mass is 9.96. The minimum Gasteiger partial charge on any atom is -0.497 e. The molecule has 2 rings (SSSR count). The Hall–Kier alpha value is -0.790. The molecule has 1 aromatic carbocycles. The molecular formula is C15H23O3P. The Morgan fingerprint density at radius 1 is 1.42 bits per heavy atom. The molecule has 0 amide bonds. The lowest BCUT2D eigenvalue weighted by molar-refractivity contribution is 0.334. The summed E-state index contributed by atoms with van der Waals surface area (Å²) in [6.07, 6.45) is 3.10. The molecule has 0 aromatic heterocycles. The molecule has 1 saturated carbocycles. The van der Waals surface area contributed by atoms with Crippen molar-refractivity contribution in [2.45, 2.75) is 25.7 Å². The van der Waals surface area contributed by atoms with Gasteiger partial charge in [-0.25, -0.2) is 0 Å². The molecule has 106 valence electrons. The smallest absolute Gasteiger partial charge is 0.200 e. The molecule has 19 heavy (non-hydrogen) atoms. The van der Waals surface area contributed by atoms with Gasteiger partial charge in [-0.15, -0.1) is 0 Å². The highest BCUT2D eigenvalue weighted by molar-refractivity contribution is 7.58. The van der Waals surface area contributed by atoms with Crippen molar-refractivity contribution in [3.05, 3.63) is 29.8 Å². The molecule has 0 saturated heterocycles. The summed E-state index contributed by atoms with van der Waals surface area (Å²) in [5, 5.41) is 0. The van der Waals surface area contributed by atoms with Crippen LogP contribution >= 0.6 is 7.37 Å². The first kappa shape index (κ1) is 14.6. The van der Waals surface area contributed by atoms with Crippen molar-refractivity contribution in [3.8, 4) is 5.75 Å².